The molecule has 0 heterocycles. The molecule has 0 aliphatic carbocycles. The Morgan fingerprint density at radius 2 is 1.81 bits per heavy atom. The molecule has 0 fully saturated rings. The lowest BCUT2D eigenvalue weighted by molar-refractivity contribution is 0.106. The molecule has 2 heteroatoms. The van der Waals surface area contributed by atoms with E-state index in [2.05, 4.69) is 57.3 Å². The Morgan fingerprint density at radius 1 is 1.12 bits per heavy atom. The van der Waals surface area contributed by atoms with Crippen molar-refractivity contribution in [3.8, 4) is 0 Å². The fraction of sp³-hybridized carbons (Fsp3) is 0.571. The van der Waals surface area contributed by atoms with E-state index in [1.165, 1.54) is 11.3 Å². The fourth-order valence-electron chi connectivity index (χ4n) is 1.57. The van der Waals surface area contributed by atoms with Crippen LogP contribution in [0.15, 0.2) is 24.3 Å². The van der Waals surface area contributed by atoms with Crippen molar-refractivity contribution in [2.45, 2.75) is 45.8 Å². The Bertz CT molecular complexity index is 322. The predicted molar refractivity (Wildman–Crippen MR) is 70.1 cm³/mol. The smallest absolute Gasteiger partial charge is 0.0741 e. The first-order valence-corrected chi connectivity index (χ1v) is 5.94. The van der Waals surface area contributed by atoms with Gasteiger partial charge in [0, 0.05) is 18.8 Å². The molecule has 1 aromatic rings. The first-order valence-electron chi connectivity index (χ1n) is 5.94. The minimum atomic E-state index is 0.211. The van der Waals surface area contributed by atoms with Gasteiger partial charge < -0.3 is 10.1 Å². The molecule has 0 saturated heterocycles. The van der Waals surface area contributed by atoms with Gasteiger partial charge in [0.05, 0.1) is 6.10 Å². The third-order valence-electron chi connectivity index (χ3n) is 3.02. The average Bonchev–Trinajstić information content (AvgIpc) is 2.28. The third kappa shape index (κ3) is 3.53. The molecule has 0 amide bonds. The maximum atomic E-state index is 5.30. The summed E-state index contributed by atoms with van der Waals surface area (Å²) in [6.45, 7) is 8.63. The molecule has 2 atom stereocenters. The first-order chi connectivity index (χ1) is 7.54. The van der Waals surface area contributed by atoms with Gasteiger partial charge >= 0.3 is 0 Å². The topological polar surface area (TPSA) is 21.3 Å². The largest absolute Gasteiger partial charge is 0.380 e. The van der Waals surface area contributed by atoms with E-state index < -0.39 is 0 Å². The number of anilines is 1. The van der Waals surface area contributed by atoms with Crippen LogP contribution in [0.5, 0.6) is 0 Å². The van der Waals surface area contributed by atoms with Gasteiger partial charge in [-0.05, 0) is 37.5 Å². The summed E-state index contributed by atoms with van der Waals surface area (Å²) < 4.78 is 5.30. The van der Waals surface area contributed by atoms with Crippen molar-refractivity contribution < 1.29 is 4.74 Å². The minimum absolute atomic E-state index is 0.211. The predicted octanol–water partition coefficient (Wildman–Crippen LogP) is 3.65. The van der Waals surface area contributed by atoms with Crippen molar-refractivity contribution in [2.75, 3.05) is 12.4 Å². The van der Waals surface area contributed by atoms with Crippen molar-refractivity contribution >= 4 is 5.69 Å². The van der Waals surface area contributed by atoms with Crippen LogP contribution in [0.25, 0.3) is 0 Å². The Kier molecular flexibility index (Phi) is 4.81. The lowest BCUT2D eigenvalue weighted by Gasteiger charge is -2.21. The highest BCUT2D eigenvalue weighted by Crippen LogP contribution is 2.19. The van der Waals surface area contributed by atoms with Gasteiger partial charge in [0.15, 0.2) is 0 Å². The van der Waals surface area contributed by atoms with E-state index in [1.807, 2.05) is 0 Å². The second kappa shape index (κ2) is 5.90. The van der Waals surface area contributed by atoms with Crippen molar-refractivity contribution in [3.63, 3.8) is 0 Å². The molecule has 90 valence electrons. The van der Waals surface area contributed by atoms with Gasteiger partial charge in [0.25, 0.3) is 0 Å². The van der Waals surface area contributed by atoms with E-state index in [-0.39, 0.29) is 6.10 Å². The second-order valence-electron chi connectivity index (χ2n) is 4.65. The minimum Gasteiger partial charge on any atom is -0.380 e. The normalized spacial score (nSPS) is 14.9. The highest BCUT2D eigenvalue weighted by molar-refractivity contribution is 5.47. The molecule has 0 aromatic heterocycles. The molecular weight excluding hydrogens is 198 g/mol. The molecular formula is C14H23NO. The van der Waals surface area contributed by atoms with Crippen LogP contribution in [-0.2, 0) is 4.74 Å². The van der Waals surface area contributed by atoms with Crippen molar-refractivity contribution in [2.24, 2.45) is 0 Å². The van der Waals surface area contributed by atoms with E-state index in [0.29, 0.717) is 12.0 Å². The first kappa shape index (κ1) is 13.0. The maximum Gasteiger partial charge on any atom is 0.0741 e. The van der Waals surface area contributed by atoms with Crippen LogP contribution in [0.1, 0.15) is 39.2 Å². The van der Waals surface area contributed by atoms with E-state index in [9.17, 15) is 0 Å². The Labute approximate surface area is 99.0 Å². The van der Waals surface area contributed by atoms with E-state index in [1.54, 1.807) is 7.11 Å². The highest BCUT2D eigenvalue weighted by atomic mass is 16.5. The number of benzene rings is 1. The van der Waals surface area contributed by atoms with Gasteiger partial charge in [-0.25, -0.2) is 0 Å². The molecule has 0 aliphatic rings. The third-order valence-corrected chi connectivity index (χ3v) is 3.02. The summed E-state index contributed by atoms with van der Waals surface area (Å²) >= 11 is 0. The monoisotopic (exact) mass is 221 g/mol. The number of nitrogens with one attached hydrogen (secondary N) is 1. The summed E-state index contributed by atoms with van der Waals surface area (Å²) in [4.78, 5) is 0. The van der Waals surface area contributed by atoms with Crippen molar-refractivity contribution in [1.29, 1.82) is 0 Å². The zero-order valence-electron chi connectivity index (χ0n) is 10.9. The van der Waals surface area contributed by atoms with Gasteiger partial charge in [-0.15, -0.1) is 0 Å². The highest BCUT2D eigenvalue weighted by Gasteiger charge is 2.10. The van der Waals surface area contributed by atoms with E-state index in [4.69, 9.17) is 4.74 Å². The average molecular weight is 221 g/mol. The fourth-order valence-corrected chi connectivity index (χ4v) is 1.57. The van der Waals surface area contributed by atoms with Crippen LogP contribution < -0.4 is 5.32 Å². The molecule has 0 bridgehead atoms. The van der Waals surface area contributed by atoms with Crippen molar-refractivity contribution in [1.82, 2.24) is 0 Å². The van der Waals surface area contributed by atoms with Crippen LogP contribution in [0.2, 0.25) is 0 Å². The standard InChI is InChI=1S/C14H23NO/c1-10(2)13-7-6-8-14(9-13)15-11(3)12(4)16-5/h6-12,15H,1-5H3. The molecule has 2 unspecified atom stereocenters. The summed E-state index contributed by atoms with van der Waals surface area (Å²) in [7, 11) is 1.74. The molecule has 0 spiro atoms. The summed E-state index contributed by atoms with van der Waals surface area (Å²) in [5.41, 5.74) is 2.53. The van der Waals surface area contributed by atoms with Gasteiger partial charge in [-0.3, -0.25) is 0 Å². The Balaban J connectivity index is 2.70. The summed E-state index contributed by atoms with van der Waals surface area (Å²) in [6.07, 6.45) is 0.211. The summed E-state index contributed by atoms with van der Waals surface area (Å²) in [5.74, 6) is 0.567. The zero-order chi connectivity index (χ0) is 12.1. The van der Waals surface area contributed by atoms with Crippen LogP contribution in [0, 0.1) is 0 Å². The Morgan fingerprint density at radius 3 is 2.38 bits per heavy atom. The Hall–Kier alpha value is -1.02. The number of hydrogen-bond donors (Lipinski definition) is 1. The summed E-state index contributed by atoms with van der Waals surface area (Å²) in [6, 6.07) is 8.89. The number of ether oxygens (including phenoxy) is 1. The SMILES string of the molecule is COC(C)C(C)Nc1cccc(C(C)C)c1. The van der Waals surface area contributed by atoms with Gasteiger partial charge in [-0.1, -0.05) is 26.0 Å². The van der Waals surface area contributed by atoms with Gasteiger partial charge in [0.2, 0.25) is 0 Å². The zero-order valence-corrected chi connectivity index (χ0v) is 10.9. The molecule has 0 aliphatic heterocycles. The molecule has 1 N–H and O–H groups in total. The molecule has 16 heavy (non-hydrogen) atoms. The van der Waals surface area contributed by atoms with Crippen LogP contribution in [0.3, 0.4) is 0 Å². The quantitative estimate of drug-likeness (QED) is 0.819. The molecule has 0 saturated carbocycles. The van der Waals surface area contributed by atoms with Gasteiger partial charge in [0.1, 0.15) is 0 Å². The number of rotatable bonds is 5. The molecule has 0 radical (unpaired) electrons. The van der Waals surface area contributed by atoms with E-state index in [0.717, 1.165) is 0 Å². The molecule has 1 aromatic carbocycles. The van der Waals surface area contributed by atoms with Crippen LogP contribution in [0.4, 0.5) is 5.69 Å². The van der Waals surface area contributed by atoms with E-state index >= 15 is 0 Å². The van der Waals surface area contributed by atoms with Crippen molar-refractivity contribution in [3.05, 3.63) is 29.8 Å². The molecule has 1 rings (SSSR count). The lowest BCUT2D eigenvalue weighted by Crippen LogP contribution is -2.29. The maximum absolute atomic E-state index is 5.30. The van der Waals surface area contributed by atoms with Crippen LogP contribution in [-0.4, -0.2) is 19.3 Å². The number of methoxy groups -OCH3 is 1. The summed E-state index contributed by atoms with van der Waals surface area (Å²) in [5, 5.41) is 3.46. The second-order valence-corrected chi connectivity index (χ2v) is 4.65. The molecule has 2 nitrogen and oxygen atoms in total. The number of hydrogen-bond acceptors (Lipinski definition) is 2. The lowest BCUT2D eigenvalue weighted by atomic mass is 10.0. The van der Waals surface area contributed by atoms with Gasteiger partial charge in [-0.2, -0.15) is 0 Å². The van der Waals surface area contributed by atoms with Crippen LogP contribution >= 0.6 is 0 Å².